The first-order chi connectivity index (χ1) is 14.0. The van der Waals surface area contributed by atoms with Crippen LogP contribution >= 0.6 is 0 Å². The van der Waals surface area contributed by atoms with Crippen LogP contribution in [0.1, 0.15) is 38.5 Å². The fourth-order valence-electron chi connectivity index (χ4n) is 3.65. The second-order valence-electron chi connectivity index (χ2n) is 7.10. The largest absolute Gasteiger partial charge is 0.326 e. The predicted molar refractivity (Wildman–Crippen MR) is 110 cm³/mol. The summed E-state index contributed by atoms with van der Waals surface area (Å²) in [6.07, 6.45) is 0.0447. The van der Waals surface area contributed by atoms with Crippen molar-refractivity contribution in [3.05, 3.63) is 83.2 Å². The second kappa shape index (κ2) is 7.39. The molecule has 2 aromatic carbocycles. The molecule has 0 spiro atoms. The van der Waals surface area contributed by atoms with Crippen molar-refractivity contribution in [2.45, 2.75) is 20.3 Å². The Kier molecular flexibility index (Phi) is 4.76. The van der Waals surface area contributed by atoms with E-state index in [1.807, 2.05) is 38.1 Å². The first-order valence-electron chi connectivity index (χ1n) is 9.46. The molecule has 146 valence electrons. The van der Waals surface area contributed by atoms with Gasteiger partial charge < -0.3 is 9.88 Å². The third kappa shape index (κ3) is 3.45. The highest BCUT2D eigenvalue weighted by Crippen LogP contribution is 2.23. The summed E-state index contributed by atoms with van der Waals surface area (Å²) in [6.45, 7) is 4.14. The van der Waals surface area contributed by atoms with E-state index in [9.17, 15) is 14.4 Å². The van der Waals surface area contributed by atoms with E-state index in [4.69, 9.17) is 0 Å². The maximum absolute atomic E-state index is 12.4. The molecule has 0 saturated carbocycles. The number of nitrogens with one attached hydrogen (secondary N) is 1. The molecule has 2 heterocycles. The van der Waals surface area contributed by atoms with E-state index in [0.717, 1.165) is 22.0 Å². The van der Waals surface area contributed by atoms with Gasteiger partial charge in [-0.1, -0.05) is 12.1 Å². The van der Waals surface area contributed by atoms with Crippen LogP contribution in [-0.2, 0) is 4.79 Å². The molecule has 3 amide bonds. The van der Waals surface area contributed by atoms with Crippen LogP contribution < -0.4 is 5.32 Å². The molecule has 29 heavy (non-hydrogen) atoms. The van der Waals surface area contributed by atoms with Crippen LogP contribution in [0.5, 0.6) is 0 Å². The molecule has 0 unspecified atom stereocenters. The molecule has 1 aliphatic heterocycles. The molecular formula is C23H21N3O3. The number of hydrogen-bond donors (Lipinski definition) is 1. The van der Waals surface area contributed by atoms with Crippen molar-refractivity contribution in [1.82, 2.24) is 9.47 Å². The van der Waals surface area contributed by atoms with Crippen LogP contribution in [0.25, 0.3) is 5.69 Å². The quantitative estimate of drug-likeness (QED) is 0.678. The number of nitrogens with zero attached hydrogens (tertiary/aromatic N) is 2. The molecule has 1 N–H and O–H groups in total. The van der Waals surface area contributed by atoms with Crippen molar-refractivity contribution in [1.29, 1.82) is 0 Å². The number of hydrogen-bond acceptors (Lipinski definition) is 3. The van der Waals surface area contributed by atoms with Gasteiger partial charge in [-0.05, 0) is 62.4 Å². The lowest BCUT2D eigenvalue weighted by molar-refractivity contribution is -0.116. The smallest absolute Gasteiger partial charge is 0.261 e. The van der Waals surface area contributed by atoms with Gasteiger partial charge in [0.05, 0.1) is 11.1 Å². The van der Waals surface area contributed by atoms with E-state index >= 15 is 0 Å². The molecule has 0 aliphatic carbocycles. The van der Waals surface area contributed by atoms with Gasteiger partial charge in [0.2, 0.25) is 5.91 Å². The van der Waals surface area contributed by atoms with Gasteiger partial charge in [-0.3, -0.25) is 19.3 Å². The van der Waals surface area contributed by atoms with E-state index in [-0.39, 0.29) is 30.7 Å². The average molecular weight is 387 g/mol. The maximum Gasteiger partial charge on any atom is 0.261 e. The number of carbonyl (C=O) groups excluding carboxylic acids is 3. The number of imide groups is 1. The molecule has 3 aromatic rings. The number of carbonyl (C=O) groups is 3. The lowest BCUT2D eigenvalue weighted by Gasteiger charge is -2.14. The summed E-state index contributed by atoms with van der Waals surface area (Å²) in [5, 5.41) is 2.82. The van der Waals surface area contributed by atoms with Crippen molar-refractivity contribution >= 4 is 23.4 Å². The Balaban J connectivity index is 1.37. The summed E-state index contributed by atoms with van der Waals surface area (Å²) in [5.74, 6) is -0.942. The third-order valence-electron chi connectivity index (χ3n) is 5.12. The normalized spacial score (nSPS) is 13.0. The molecule has 0 fully saturated rings. The first-order valence-corrected chi connectivity index (χ1v) is 9.46. The van der Waals surface area contributed by atoms with Crippen LogP contribution in [0.15, 0.2) is 60.7 Å². The lowest BCUT2D eigenvalue weighted by Crippen LogP contribution is -2.32. The Hall–Kier alpha value is -3.67. The Morgan fingerprint density at radius 2 is 1.38 bits per heavy atom. The van der Waals surface area contributed by atoms with Gasteiger partial charge in [-0.15, -0.1) is 0 Å². The van der Waals surface area contributed by atoms with Crippen LogP contribution in [0, 0.1) is 13.8 Å². The van der Waals surface area contributed by atoms with Crippen molar-refractivity contribution in [3.8, 4) is 5.69 Å². The number of anilines is 1. The third-order valence-corrected chi connectivity index (χ3v) is 5.12. The number of amides is 3. The van der Waals surface area contributed by atoms with E-state index in [1.54, 1.807) is 24.3 Å². The Labute approximate surface area is 168 Å². The summed E-state index contributed by atoms with van der Waals surface area (Å²) >= 11 is 0. The number of benzene rings is 2. The summed E-state index contributed by atoms with van der Waals surface area (Å²) in [5.41, 5.74) is 4.76. The minimum atomic E-state index is -0.347. The molecule has 6 nitrogen and oxygen atoms in total. The lowest BCUT2D eigenvalue weighted by atomic mass is 10.1. The van der Waals surface area contributed by atoms with Crippen molar-refractivity contribution in [3.63, 3.8) is 0 Å². The SMILES string of the molecule is Cc1ccc(C)n1-c1ccc(NC(=O)CCN2C(=O)c3ccccc3C2=O)cc1. The first kappa shape index (κ1) is 18.7. The molecular weight excluding hydrogens is 366 g/mol. The van der Waals surface area contributed by atoms with E-state index in [0.29, 0.717) is 16.8 Å². The maximum atomic E-state index is 12.4. The number of rotatable bonds is 5. The topological polar surface area (TPSA) is 71.4 Å². The van der Waals surface area contributed by atoms with Gasteiger partial charge >= 0.3 is 0 Å². The summed E-state index contributed by atoms with van der Waals surface area (Å²) < 4.78 is 2.13. The highest BCUT2D eigenvalue weighted by atomic mass is 16.2. The zero-order chi connectivity index (χ0) is 20.5. The predicted octanol–water partition coefficient (Wildman–Crippen LogP) is 3.72. The fraction of sp³-hybridized carbons (Fsp3) is 0.174. The van der Waals surface area contributed by atoms with Crippen molar-refractivity contribution in [2.75, 3.05) is 11.9 Å². The van der Waals surface area contributed by atoms with Gasteiger partial charge in [-0.2, -0.15) is 0 Å². The summed E-state index contributed by atoms with van der Waals surface area (Å²) in [6, 6.07) is 18.4. The fourth-order valence-corrected chi connectivity index (χ4v) is 3.65. The molecule has 0 saturated heterocycles. The van der Waals surface area contributed by atoms with Gasteiger partial charge in [0.25, 0.3) is 11.8 Å². The Morgan fingerprint density at radius 1 is 0.828 bits per heavy atom. The van der Waals surface area contributed by atoms with E-state index in [1.165, 1.54) is 0 Å². The Bertz CT molecular complexity index is 1060. The van der Waals surface area contributed by atoms with Crippen LogP contribution in [0.3, 0.4) is 0 Å². The zero-order valence-corrected chi connectivity index (χ0v) is 16.3. The summed E-state index contributed by atoms with van der Waals surface area (Å²) in [7, 11) is 0. The van der Waals surface area contributed by atoms with Crippen LogP contribution in [-0.4, -0.2) is 33.7 Å². The van der Waals surface area contributed by atoms with Gasteiger partial charge in [-0.25, -0.2) is 0 Å². The minimum Gasteiger partial charge on any atom is -0.326 e. The van der Waals surface area contributed by atoms with Gasteiger partial charge in [0.1, 0.15) is 0 Å². The molecule has 1 aliphatic rings. The average Bonchev–Trinajstić information content (AvgIpc) is 3.18. The van der Waals surface area contributed by atoms with Crippen molar-refractivity contribution < 1.29 is 14.4 Å². The minimum absolute atomic E-state index is 0.0447. The Morgan fingerprint density at radius 3 is 1.93 bits per heavy atom. The standard InChI is InChI=1S/C23H21N3O3/c1-15-7-8-16(2)26(15)18-11-9-17(10-12-18)24-21(27)13-14-25-22(28)19-5-3-4-6-20(19)23(25)29/h3-12H,13-14H2,1-2H3,(H,24,27). The number of aryl methyl sites for hydroxylation is 2. The molecule has 1 aromatic heterocycles. The summed E-state index contributed by atoms with van der Waals surface area (Å²) in [4.78, 5) is 38.1. The highest BCUT2D eigenvalue weighted by Gasteiger charge is 2.34. The highest BCUT2D eigenvalue weighted by molar-refractivity contribution is 6.21. The molecule has 4 rings (SSSR count). The second-order valence-corrected chi connectivity index (χ2v) is 7.10. The monoisotopic (exact) mass is 387 g/mol. The molecule has 6 heteroatoms. The van der Waals surface area contributed by atoms with Crippen molar-refractivity contribution in [2.24, 2.45) is 0 Å². The van der Waals surface area contributed by atoms with Crippen LogP contribution in [0.2, 0.25) is 0 Å². The molecule has 0 atom stereocenters. The molecule has 0 radical (unpaired) electrons. The number of fused-ring (bicyclic) bond motifs is 1. The van der Waals surface area contributed by atoms with E-state index < -0.39 is 0 Å². The van der Waals surface area contributed by atoms with Gasteiger partial charge in [0.15, 0.2) is 0 Å². The number of aromatic nitrogens is 1. The van der Waals surface area contributed by atoms with Crippen LogP contribution in [0.4, 0.5) is 5.69 Å². The molecule has 0 bridgehead atoms. The zero-order valence-electron chi connectivity index (χ0n) is 16.3. The van der Waals surface area contributed by atoms with Gasteiger partial charge in [0, 0.05) is 35.7 Å². The van der Waals surface area contributed by atoms with E-state index in [2.05, 4.69) is 22.0 Å².